The highest BCUT2D eigenvalue weighted by Gasteiger charge is 2.09. The van der Waals surface area contributed by atoms with Crippen LogP contribution in [0, 0.1) is 6.92 Å². The van der Waals surface area contributed by atoms with Crippen molar-refractivity contribution in [2.45, 2.75) is 20.8 Å². The van der Waals surface area contributed by atoms with Gasteiger partial charge in [0.1, 0.15) is 11.2 Å². The van der Waals surface area contributed by atoms with Crippen molar-refractivity contribution in [3.8, 4) is 0 Å². The van der Waals surface area contributed by atoms with Gasteiger partial charge < -0.3 is 4.42 Å². The lowest BCUT2D eigenvalue weighted by Crippen LogP contribution is -1.73. The van der Waals surface area contributed by atoms with E-state index in [-0.39, 0.29) is 0 Å². The Bertz CT molecular complexity index is 652. The zero-order valence-electron chi connectivity index (χ0n) is 10.3. The predicted octanol–water partition coefficient (Wildman–Crippen LogP) is 5.68. The van der Waals surface area contributed by atoms with E-state index < -0.39 is 0 Å². The summed E-state index contributed by atoms with van der Waals surface area (Å²) in [7, 11) is 0. The first-order chi connectivity index (χ1) is 8.25. The summed E-state index contributed by atoms with van der Waals surface area (Å²) in [6, 6.07) is 12.3. The van der Waals surface area contributed by atoms with Crippen LogP contribution in [-0.4, -0.2) is 0 Å². The van der Waals surface area contributed by atoms with Crippen molar-refractivity contribution >= 4 is 37.9 Å². The van der Waals surface area contributed by atoms with Crippen LogP contribution in [0.15, 0.2) is 45.3 Å². The number of furan rings is 1. The maximum atomic E-state index is 5.78. The van der Waals surface area contributed by atoms with E-state index >= 15 is 0 Å². The Kier molecular flexibility index (Phi) is 3.53. The van der Waals surface area contributed by atoms with E-state index in [1.54, 1.807) is 0 Å². The minimum Gasteiger partial charge on any atom is -0.456 e. The molecule has 0 bridgehead atoms. The van der Waals surface area contributed by atoms with E-state index in [0.717, 1.165) is 21.0 Å². The highest BCUT2D eigenvalue weighted by molar-refractivity contribution is 9.10. The summed E-state index contributed by atoms with van der Waals surface area (Å²) in [5, 5.41) is 2.33. The van der Waals surface area contributed by atoms with Crippen LogP contribution in [0.4, 0.5) is 0 Å². The molecular weight excluding hydrogens is 276 g/mol. The highest BCUT2D eigenvalue weighted by Crippen LogP contribution is 2.34. The topological polar surface area (TPSA) is 13.1 Å². The van der Waals surface area contributed by atoms with Crippen molar-refractivity contribution in [2.75, 3.05) is 0 Å². The monoisotopic (exact) mass is 290 g/mol. The molecule has 0 unspecified atom stereocenters. The molecule has 1 heterocycles. The molecule has 0 amide bonds. The first-order valence-corrected chi connectivity index (χ1v) is 6.62. The molecule has 2 aromatic carbocycles. The average Bonchev–Trinajstić information content (AvgIpc) is 2.69. The molecule has 0 saturated heterocycles. The normalized spacial score (nSPS) is 10.4. The molecule has 0 saturated carbocycles. The van der Waals surface area contributed by atoms with Crippen molar-refractivity contribution in [3.05, 3.63) is 46.4 Å². The molecule has 0 aliphatic carbocycles. The number of aryl methyl sites for hydroxylation is 1. The lowest BCUT2D eigenvalue weighted by atomic mass is 10.1. The molecular formula is C15H15BrO. The van der Waals surface area contributed by atoms with Gasteiger partial charge >= 0.3 is 0 Å². The fraction of sp³-hybridized carbons (Fsp3) is 0.200. The number of para-hydroxylation sites is 1. The molecule has 88 valence electrons. The second-order valence-electron chi connectivity index (χ2n) is 3.72. The second kappa shape index (κ2) is 4.92. The van der Waals surface area contributed by atoms with Crippen molar-refractivity contribution in [2.24, 2.45) is 0 Å². The third kappa shape index (κ3) is 2.09. The van der Waals surface area contributed by atoms with Crippen LogP contribution >= 0.6 is 15.9 Å². The fourth-order valence-electron chi connectivity index (χ4n) is 1.93. The number of hydrogen-bond acceptors (Lipinski definition) is 1. The number of rotatable bonds is 0. The first kappa shape index (κ1) is 12.2. The summed E-state index contributed by atoms with van der Waals surface area (Å²) < 4.78 is 6.88. The fourth-order valence-corrected chi connectivity index (χ4v) is 2.70. The lowest BCUT2D eigenvalue weighted by Gasteiger charge is -1.96. The van der Waals surface area contributed by atoms with Crippen LogP contribution < -0.4 is 0 Å². The summed E-state index contributed by atoms with van der Waals surface area (Å²) in [5.74, 6) is 0. The number of benzene rings is 2. The molecule has 0 radical (unpaired) electrons. The van der Waals surface area contributed by atoms with Gasteiger partial charge in [-0.25, -0.2) is 0 Å². The van der Waals surface area contributed by atoms with Crippen molar-refractivity contribution in [1.82, 2.24) is 0 Å². The van der Waals surface area contributed by atoms with Crippen LogP contribution in [0.3, 0.4) is 0 Å². The Morgan fingerprint density at radius 3 is 2.47 bits per heavy atom. The SMILES string of the molecule is CC.Cc1cc(Br)c2c(c1)oc1ccccc12. The van der Waals surface area contributed by atoms with Gasteiger partial charge in [-0.05, 0) is 30.7 Å². The molecule has 0 atom stereocenters. The number of hydrogen-bond donors (Lipinski definition) is 0. The molecule has 0 N–H and O–H groups in total. The number of halogens is 1. The van der Waals surface area contributed by atoms with Gasteiger partial charge in [-0.3, -0.25) is 0 Å². The Labute approximate surface area is 110 Å². The standard InChI is InChI=1S/C13H9BrO.C2H6/c1-8-6-10(14)13-9-4-2-3-5-11(9)15-12(13)7-8;1-2/h2-7H,1H3;1-2H3. The molecule has 1 aromatic heterocycles. The van der Waals surface area contributed by atoms with Crippen molar-refractivity contribution in [1.29, 1.82) is 0 Å². The zero-order valence-corrected chi connectivity index (χ0v) is 11.8. The maximum absolute atomic E-state index is 5.78. The molecule has 2 heteroatoms. The predicted molar refractivity (Wildman–Crippen MR) is 77.5 cm³/mol. The van der Waals surface area contributed by atoms with E-state index in [2.05, 4.69) is 41.1 Å². The Morgan fingerprint density at radius 2 is 1.71 bits per heavy atom. The zero-order chi connectivity index (χ0) is 12.4. The van der Waals surface area contributed by atoms with Crippen LogP contribution in [0.5, 0.6) is 0 Å². The van der Waals surface area contributed by atoms with Crippen LogP contribution in [0.25, 0.3) is 21.9 Å². The van der Waals surface area contributed by atoms with Gasteiger partial charge in [0, 0.05) is 15.2 Å². The molecule has 17 heavy (non-hydrogen) atoms. The van der Waals surface area contributed by atoms with Gasteiger partial charge in [0.25, 0.3) is 0 Å². The van der Waals surface area contributed by atoms with E-state index in [1.165, 1.54) is 10.9 Å². The average molecular weight is 291 g/mol. The van der Waals surface area contributed by atoms with Crippen LogP contribution in [0.2, 0.25) is 0 Å². The quantitative estimate of drug-likeness (QED) is 0.519. The third-order valence-electron chi connectivity index (χ3n) is 2.57. The third-order valence-corrected chi connectivity index (χ3v) is 3.20. The summed E-state index contributed by atoms with van der Waals surface area (Å²) in [6.07, 6.45) is 0. The van der Waals surface area contributed by atoms with Crippen LogP contribution in [-0.2, 0) is 0 Å². The summed E-state index contributed by atoms with van der Waals surface area (Å²) >= 11 is 3.59. The molecule has 0 fully saturated rings. The lowest BCUT2D eigenvalue weighted by molar-refractivity contribution is 0.668. The molecule has 3 rings (SSSR count). The van der Waals surface area contributed by atoms with Crippen molar-refractivity contribution in [3.63, 3.8) is 0 Å². The second-order valence-corrected chi connectivity index (χ2v) is 4.57. The Hall–Kier alpha value is -1.28. The Balaban J connectivity index is 0.000000514. The van der Waals surface area contributed by atoms with Gasteiger partial charge in [-0.2, -0.15) is 0 Å². The smallest absolute Gasteiger partial charge is 0.136 e. The highest BCUT2D eigenvalue weighted by atomic mass is 79.9. The minimum absolute atomic E-state index is 0.943. The molecule has 1 nitrogen and oxygen atoms in total. The maximum Gasteiger partial charge on any atom is 0.136 e. The molecule has 3 aromatic rings. The molecule has 0 aliphatic rings. The number of fused-ring (bicyclic) bond motifs is 3. The molecule has 0 aliphatic heterocycles. The van der Waals surface area contributed by atoms with Crippen molar-refractivity contribution < 1.29 is 4.42 Å². The Morgan fingerprint density at radius 1 is 1.00 bits per heavy atom. The van der Waals surface area contributed by atoms with E-state index in [9.17, 15) is 0 Å². The summed E-state index contributed by atoms with van der Waals surface area (Å²) in [4.78, 5) is 0. The van der Waals surface area contributed by atoms with E-state index in [4.69, 9.17) is 4.42 Å². The first-order valence-electron chi connectivity index (χ1n) is 5.83. The van der Waals surface area contributed by atoms with Gasteiger partial charge in [0.15, 0.2) is 0 Å². The van der Waals surface area contributed by atoms with Gasteiger partial charge in [-0.15, -0.1) is 0 Å². The summed E-state index contributed by atoms with van der Waals surface area (Å²) in [6.45, 7) is 6.07. The van der Waals surface area contributed by atoms with Crippen LogP contribution in [0.1, 0.15) is 19.4 Å². The van der Waals surface area contributed by atoms with Gasteiger partial charge in [-0.1, -0.05) is 48.0 Å². The minimum atomic E-state index is 0.943. The molecule has 0 spiro atoms. The van der Waals surface area contributed by atoms with E-state index in [0.29, 0.717) is 0 Å². The van der Waals surface area contributed by atoms with Gasteiger partial charge in [0.05, 0.1) is 0 Å². The van der Waals surface area contributed by atoms with Gasteiger partial charge in [0.2, 0.25) is 0 Å². The largest absolute Gasteiger partial charge is 0.456 e. The van der Waals surface area contributed by atoms with E-state index in [1.807, 2.05) is 32.0 Å². The summed E-state index contributed by atoms with van der Waals surface area (Å²) in [5.41, 5.74) is 3.09.